The number of rotatable bonds is 4. The molecule has 4 aromatic rings. The summed E-state index contributed by atoms with van der Waals surface area (Å²) in [6, 6.07) is 12.0. The van der Waals surface area contributed by atoms with Crippen LogP contribution >= 0.6 is 22.7 Å². The standard InChI is InChI=1S/C23H18N4OS2/c28-21(25-23-27-26-22(30-23)13-7-8-13)19-16-5-1-2-6-18(16)24-20-14(9-10-17(19)20)12-15-4-3-11-29-15/h1-6,11-13H,7-10H2,(H,25,27,28)/b14-12+. The van der Waals surface area contributed by atoms with Crippen LogP contribution in [0, 0.1) is 0 Å². The molecule has 0 aliphatic heterocycles. The zero-order valence-corrected chi connectivity index (χ0v) is 17.7. The van der Waals surface area contributed by atoms with Crippen LogP contribution in [0.2, 0.25) is 0 Å². The number of benzene rings is 1. The molecule has 3 heterocycles. The van der Waals surface area contributed by atoms with Gasteiger partial charge in [0.1, 0.15) is 5.01 Å². The van der Waals surface area contributed by atoms with Gasteiger partial charge in [-0.1, -0.05) is 35.6 Å². The van der Waals surface area contributed by atoms with Gasteiger partial charge in [-0.05, 0) is 60.4 Å². The van der Waals surface area contributed by atoms with Crippen molar-refractivity contribution in [3.63, 3.8) is 0 Å². The Kier molecular flexibility index (Phi) is 4.24. The summed E-state index contributed by atoms with van der Waals surface area (Å²) >= 11 is 3.20. The van der Waals surface area contributed by atoms with Crippen LogP contribution in [-0.4, -0.2) is 21.1 Å². The fourth-order valence-electron chi connectivity index (χ4n) is 4.02. The van der Waals surface area contributed by atoms with E-state index in [0.29, 0.717) is 16.6 Å². The van der Waals surface area contributed by atoms with Crippen LogP contribution in [0.5, 0.6) is 0 Å². The average Bonchev–Trinajstić information content (AvgIpc) is 3.13. The van der Waals surface area contributed by atoms with Crippen LogP contribution in [0.1, 0.15) is 56.7 Å². The van der Waals surface area contributed by atoms with Gasteiger partial charge < -0.3 is 0 Å². The van der Waals surface area contributed by atoms with Crippen LogP contribution in [0.15, 0.2) is 41.8 Å². The van der Waals surface area contributed by atoms with E-state index in [1.54, 1.807) is 11.3 Å². The summed E-state index contributed by atoms with van der Waals surface area (Å²) < 4.78 is 0. The first-order valence-corrected chi connectivity index (χ1v) is 11.8. The number of thiophene rings is 1. The highest BCUT2D eigenvalue weighted by Crippen LogP contribution is 2.42. The molecule has 1 saturated carbocycles. The van der Waals surface area contributed by atoms with E-state index >= 15 is 0 Å². The van der Waals surface area contributed by atoms with Gasteiger partial charge in [0.2, 0.25) is 5.13 Å². The zero-order chi connectivity index (χ0) is 20.1. The lowest BCUT2D eigenvalue weighted by Crippen LogP contribution is -2.15. The lowest BCUT2D eigenvalue weighted by atomic mass is 10.00. The third-order valence-electron chi connectivity index (χ3n) is 5.62. The highest BCUT2D eigenvalue weighted by atomic mass is 32.1. The van der Waals surface area contributed by atoms with E-state index in [0.717, 1.165) is 40.0 Å². The van der Waals surface area contributed by atoms with Gasteiger partial charge in [0, 0.05) is 16.2 Å². The number of amides is 1. The van der Waals surface area contributed by atoms with Crippen molar-refractivity contribution in [2.24, 2.45) is 0 Å². The monoisotopic (exact) mass is 430 g/mol. The Morgan fingerprint density at radius 3 is 2.83 bits per heavy atom. The molecule has 2 aliphatic carbocycles. The van der Waals surface area contributed by atoms with Crippen molar-refractivity contribution < 1.29 is 4.79 Å². The van der Waals surface area contributed by atoms with Crippen LogP contribution in [0.3, 0.4) is 0 Å². The number of pyridine rings is 1. The number of carbonyl (C=O) groups excluding carboxylic acids is 1. The third-order valence-corrected chi connectivity index (χ3v) is 7.44. The smallest absolute Gasteiger partial charge is 0.258 e. The number of aromatic nitrogens is 3. The Morgan fingerprint density at radius 2 is 2.00 bits per heavy atom. The minimum atomic E-state index is -0.124. The first-order chi connectivity index (χ1) is 14.8. The van der Waals surface area contributed by atoms with E-state index in [1.165, 1.54) is 34.6 Å². The first-order valence-electron chi connectivity index (χ1n) is 10.1. The Hall–Kier alpha value is -2.90. The number of nitrogens with one attached hydrogen (secondary N) is 1. The molecule has 30 heavy (non-hydrogen) atoms. The fourth-order valence-corrected chi connectivity index (χ4v) is 5.61. The van der Waals surface area contributed by atoms with Crippen molar-refractivity contribution in [2.45, 2.75) is 31.6 Å². The van der Waals surface area contributed by atoms with E-state index in [9.17, 15) is 4.79 Å². The van der Waals surface area contributed by atoms with E-state index in [4.69, 9.17) is 4.98 Å². The molecule has 148 valence electrons. The van der Waals surface area contributed by atoms with Crippen molar-refractivity contribution in [1.29, 1.82) is 0 Å². The number of carbonyl (C=O) groups is 1. The number of nitrogens with zero attached hydrogens (tertiary/aromatic N) is 3. The lowest BCUT2D eigenvalue weighted by Gasteiger charge is -2.11. The summed E-state index contributed by atoms with van der Waals surface area (Å²) in [6.07, 6.45) is 6.25. The molecule has 7 heteroatoms. The summed E-state index contributed by atoms with van der Waals surface area (Å²) in [6.45, 7) is 0. The molecule has 1 N–H and O–H groups in total. The van der Waals surface area contributed by atoms with Crippen LogP contribution < -0.4 is 5.32 Å². The van der Waals surface area contributed by atoms with Gasteiger partial charge >= 0.3 is 0 Å². The van der Waals surface area contributed by atoms with Crippen LogP contribution in [0.4, 0.5) is 5.13 Å². The molecule has 3 aromatic heterocycles. The fraction of sp³-hybridized carbons (Fsp3) is 0.217. The Bertz CT molecular complexity index is 1300. The largest absolute Gasteiger partial charge is 0.296 e. The molecule has 0 bridgehead atoms. The summed E-state index contributed by atoms with van der Waals surface area (Å²) in [5.41, 5.74) is 4.73. The summed E-state index contributed by atoms with van der Waals surface area (Å²) in [5.74, 6) is 0.407. The van der Waals surface area contributed by atoms with Gasteiger partial charge in [0.15, 0.2) is 0 Å². The predicted molar refractivity (Wildman–Crippen MR) is 122 cm³/mol. The second-order valence-corrected chi connectivity index (χ2v) is 9.68. The van der Waals surface area contributed by atoms with Gasteiger partial charge in [-0.25, -0.2) is 4.98 Å². The summed E-state index contributed by atoms with van der Waals surface area (Å²) in [7, 11) is 0. The topological polar surface area (TPSA) is 67.8 Å². The maximum atomic E-state index is 13.4. The van der Waals surface area contributed by atoms with Crippen molar-refractivity contribution >= 4 is 56.3 Å². The van der Waals surface area contributed by atoms with E-state index < -0.39 is 0 Å². The van der Waals surface area contributed by atoms with Gasteiger partial charge in [-0.2, -0.15) is 0 Å². The summed E-state index contributed by atoms with van der Waals surface area (Å²) in [5, 5.41) is 16.0. The maximum absolute atomic E-state index is 13.4. The lowest BCUT2D eigenvalue weighted by molar-refractivity contribution is 0.102. The van der Waals surface area contributed by atoms with Gasteiger partial charge in [0.25, 0.3) is 5.91 Å². The molecule has 0 atom stereocenters. The third kappa shape index (κ3) is 3.14. The number of fused-ring (bicyclic) bond motifs is 2. The van der Waals surface area contributed by atoms with Gasteiger partial charge in [0.05, 0.1) is 16.8 Å². The molecule has 0 saturated heterocycles. The Balaban J connectivity index is 1.43. The highest BCUT2D eigenvalue weighted by Gasteiger charge is 2.29. The predicted octanol–water partition coefficient (Wildman–Crippen LogP) is 5.76. The SMILES string of the molecule is O=C(Nc1nnc(C2CC2)s1)c1c2c(nc3ccccc13)/C(=C/c1cccs1)CC2. The van der Waals surface area contributed by atoms with Gasteiger partial charge in [-0.3, -0.25) is 10.1 Å². The number of hydrogen-bond donors (Lipinski definition) is 1. The molecule has 1 fully saturated rings. The molecule has 1 amide bonds. The maximum Gasteiger partial charge on any atom is 0.258 e. The minimum Gasteiger partial charge on any atom is -0.296 e. The van der Waals surface area contributed by atoms with E-state index in [2.05, 4.69) is 39.1 Å². The number of hydrogen-bond acceptors (Lipinski definition) is 6. The van der Waals surface area contributed by atoms with Gasteiger partial charge in [-0.15, -0.1) is 21.5 Å². The van der Waals surface area contributed by atoms with Crippen molar-refractivity contribution in [3.8, 4) is 0 Å². The second kappa shape index (κ2) is 7.11. The number of anilines is 1. The van der Waals surface area contributed by atoms with Crippen LogP contribution in [0.25, 0.3) is 22.6 Å². The van der Waals surface area contributed by atoms with Crippen LogP contribution in [-0.2, 0) is 6.42 Å². The van der Waals surface area contributed by atoms with Crippen molar-refractivity contribution in [1.82, 2.24) is 15.2 Å². The Morgan fingerprint density at radius 1 is 1.10 bits per heavy atom. The normalized spacial score (nSPS) is 16.9. The number of para-hydroxylation sites is 1. The van der Waals surface area contributed by atoms with Crippen molar-refractivity contribution in [3.05, 3.63) is 68.5 Å². The minimum absolute atomic E-state index is 0.124. The van der Waals surface area contributed by atoms with E-state index in [1.807, 2.05) is 24.3 Å². The number of allylic oxidation sites excluding steroid dienone is 1. The molecule has 2 aliphatic rings. The zero-order valence-electron chi connectivity index (χ0n) is 16.1. The summed E-state index contributed by atoms with van der Waals surface area (Å²) in [4.78, 5) is 19.5. The first kappa shape index (κ1) is 17.9. The second-order valence-electron chi connectivity index (χ2n) is 7.69. The van der Waals surface area contributed by atoms with Crippen molar-refractivity contribution in [2.75, 3.05) is 5.32 Å². The molecule has 1 aromatic carbocycles. The quantitative estimate of drug-likeness (QED) is 0.447. The van der Waals surface area contributed by atoms with E-state index in [-0.39, 0.29) is 5.91 Å². The molecule has 0 unspecified atom stereocenters. The Labute approximate surface area is 181 Å². The molecule has 0 spiro atoms. The average molecular weight is 431 g/mol. The highest BCUT2D eigenvalue weighted by molar-refractivity contribution is 7.15. The molecule has 6 rings (SSSR count). The molecule has 5 nitrogen and oxygen atoms in total. The molecular formula is C23H18N4OS2. The molecular weight excluding hydrogens is 412 g/mol. The molecule has 0 radical (unpaired) electrons.